The Balaban J connectivity index is 1.38. The first kappa shape index (κ1) is 23.6. The highest BCUT2D eigenvalue weighted by molar-refractivity contribution is 6.30. The van der Waals surface area contributed by atoms with Crippen LogP contribution < -0.4 is 5.32 Å². The van der Waals surface area contributed by atoms with Crippen molar-refractivity contribution in [2.45, 2.75) is 68.5 Å². The second-order valence-electron chi connectivity index (χ2n) is 9.65. The molecule has 4 heterocycles. The zero-order chi connectivity index (χ0) is 25.1. The van der Waals surface area contributed by atoms with Crippen LogP contribution in [0.1, 0.15) is 50.4 Å². The lowest BCUT2D eigenvalue weighted by Crippen LogP contribution is -2.45. The van der Waals surface area contributed by atoms with Gasteiger partial charge in [0.15, 0.2) is 23.3 Å². The number of pyridine rings is 1. The van der Waals surface area contributed by atoms with Gasteiger partial charge in [0, 0.05) is 18.4 Å². The van der Waals surface area contributed by atoms with Gasteiger partial charge in [0.1, 0.15) is 23.2 Å². The van der Waals surface area contributed by atoms with E-state index in [1.165, 1.54) is 6.07 Å². The summed E-state index contributed by atoms with van der Waals surface area (Å²) in [7, 11) is 0. The molecule has 188 valence electrons. The molecule has 0 amide bonds. The van der Waals surface area contributed by atoms with Crippen molar-refractivity contribution in [1.29, 1.82) is 0 Å². The SMILES string of the molecule is C#C[C@]1(CO)O[C@@H](n2ncc3c(N[C@@H](C)c4ccccc4F)cc(Cl)nc32)[C@@H]2OC3(CCCC3)O[C@@H]21. The Morgan fingerprint density at radius 3 is 2.81 bits per heavy atom. The van der Waals surface area contributed by atoms with Crippen molar-refractivity contribution in [2.75, 3.05) is 11.9 Å². The molecule has 3 fully saturated rings. The van der Waals surface area contributed by atoms with Gasteiger partial charge in [0.25, 0.3) is 0 Å². The van der Waals surface area contributed by atoms with Gasteiger partial charge in [-0.2, -0.15) is 5.10 Å². The number of hydrogen-bond donors (Lipinski definition) is 2. The maximum absolute atomic E-state index is 14.4. The van der Waals surface area contributed by atoms with Crippen LogP contribution in [0.5, 0.6) is 0 Å². The maximum atomic E-state index is 14.4. The fraction of sp³-hybridized carbons (Fsp3) is 0.462. The van der Waals surface area contributed by atoms with Gasteiger partial charge in [0.2, 0.25) is 0 Å². The minimum absolute atomic E-state index is 0.225. The van der Waals surface area contributed by atoms with Crippen molar-refractivity contribution < 1.29 is 23.7 Å². The largest absolute Gasteiger partial charge is 0.392 e. The van der Waals surface area contributed by atoms with Crippen molar-refractivity contribution in [1.82, 2.24) is 14.8 Å². The molecule has 2 saturated heterocycles. The van der Waals surface area contributed by atoms with E-state index >= 15 is 0 Å². The summed E-state index contributed by atoms with van der Waals surface area (Å²) in [5.74, 6) is 1.57. The molecule has 3 aromatic rings. The Labute approximate surface area is 212 Å². The highest BCUT2D eigenvalue weighted by Gasteiger charge is 2.65. The first-order valence-corrected chi connectivity index (χ1v) is 12.4. The standard InChI is InChI=1S/C26H26ClFN4O4/c1-3-25(14-33)22-21(34-26(35-22)10-6-7-11-26)24(36-25)32-23-17(13-29-32)19(12-20(27)31-23)30-15(2)16-8-4-5-9-18(16)28/h1,4-5,8-9,12-13,15,21-22,24,33H,6-7,10-11,14H2,2H3,(H,30,31)/t15-,21+,22-,24+,25+/m0/s1. The van der Waals surface area contributed by atoms with E-state index in [9.17, 15) is 9.50 Å². The number of aliphatic hydroxyl groups excluding tert-OH is 1. The Kier molecular flexibility index (Phi) is 5.70. The summed E-state index contributed by atoms with van der Waals surface area (Å²) in [6, 6.07) is 7.92. The lowest BCUT2D eigenvalue weighted by atomic mass is 9.97. The van der Waals surface area contributed by atoms with Gasteiger partial charge in [0.05, 0.1) is 29.9 Å². The predicted octanol–water partition coefficient (Wildman–Crippen LogP) is 4.34. The molecule has 1 saturated carbocycles. The number of halogens is 2. The van der Waals surface area contributed by atoms with Crippen molar-refractivity contribution in [3.63, 3.8) is 0 Å². The Bertz CT molecular complexity index is 1350. The number of nitrogens with one attached hydrogen (secondary N) is 1. The molecule has 2 aromatic heterocycles. The molecule has 1 spiro atoms. The second-order valence-corrected chi connectivity index (χ2v) is 10.0. The third kappa shape index (κ3) is 3.59. The molecule has 0 bridgehead atoms. The van der Waals surface area contributed by atoms with Crippen LogP contribution in [0.4, 0.5) is 10.1 Å². The van der Waals surface area contributed by atoms with Crippen molar-refractivity contribution in [2.24, 2.45) is 0 Å². The van der Waals surface area contributed by atoms with Gasteiger partial charge in [-0.05, 0) is 31.9 Å². The van der Waals surface area contributed by atoms with E-state index in [0.29, 0.717) is 22.3 Å². The minimum atomic E-state index is -1.38. The Morgan fingerprint density at radius 1 is 1.31 bits per heavy atom. The molecule has 5 atom stereocenters. The quantitative estimate of drug-likeness (QED) is 0.388. The van der Waals surface area contributed by atoms with E-state index < -0.39 is 36.4 Å². The maximum Gasteiger partial charge on any atom is 0.183 e. The first-order chi connectivity index (χ1) is 17.4. The van der Waals surface area contributed by atoms with Gasteiger partial charge < -0.3 is 24.6 Å². The van der Waals surface area contributed by atoms with Crippen LogP contribution in [-0.4, -0.2) is 50.1 Å². The fourth-order valence-corrected chi connectivity index (χ4v) is 5.80. The normalized spacial score (nSPS) is 29.5. The molecule has 1 aliphatic carbocycles. The number of fused-ring (bicyclic) bond motifs is 2. The Morgan fingerprint density at radius 2 is 2.08 bits per heavy atom. The van der Waals surface area contributed by atoms with E-state index in [1.54, 1.807) is 35.1 Å². The molecule has 36 heavy (non-hydrogen) atoms. The van der Waals surface area contributed by atoms with Crippen LogP contribution in [-0.2, 0) is 14.2 Å². The summed E-state index contributed by atoms with van der Waals surface area (Å²) in [6.45, 7) is 1.43. The van der Waals surface area contributed by atoms with Gasteiger partial charge in [-0.3, -0.25) is 0 Å². The predicted molar refractivity (Wildman–Crippen MR) is 131 cm³/mol. The number of benzene rings is 1. The van der Waals surface area contributed by atoms with Crippen LogP contribution in [0.3, 0.4) is 0 Å². The lowest BCUT2D eigenvalue weighted by Gasteiger charge is -2.30. The van der Waals surface area contributed by atoms with Crippen molar-refractivity contribution in [3.8, 4) is 12.3 Å². The number of anilines is 1. The van der Waals surface area contributed by atoms with E-state index in [0.717, 1.165) is 25.7 Å². The molecule has 0 radical (unpaired) electrons. The first-order valence-electron chi connectivity index (χ1n) is 12.1. The molecular weight excluding hydrogens is 487 g/mol. The number of terminal acetylenes is 1. The van der Waals surface area contributed by atoms with Crippen molar-refractivity contribution in [3.05, 3.63) is 53.1 Å². The third-order valence-electron chi connectivity index (χ3n) is 7.43. The van der Waals surface area contributed by atoms with E-state index in [2.05, 4.69) is 21.3 Å². The van der Waals surface area contributed by atoms with E-state index in [1.807, 2.05) is 6.92 Å². The topological polar surface area (TPSA) is 90.7 Å². The van der Waals surface area contributed by atoms with Crippen molar-refractivity contribution >= 4 is 28.3 Å². The van der Waals surface area contributed by atoms with Crippen LogP contribution in [0.15, 0.2) is 36.5 Å². The number of rotatable bonds is 5. The lowest BCUT2D eigenvalue weighted by molar-refractivity contribution is -0.228. The molecular formula is C26H26ClFN4O4. The van der Waals surface area contributed by atoms with Crippen LogP contribution in [0.2, 0.25) is 5.15 Å². The van der Waals surface area contributed by atoms with Crippen LogP contribution in [0.25, 0.3) is 11.0 Å². The number of ether oxygens (including phenoxy) is 3. The molecule has 0 unspecified atom stereocenters. The van der Waals surface area contributed by atoms with Gasteiger partial charge in [-0.15, -0.1) is 6.42 Å². The van der Waals surface area contributed by atoms with Gasteiger partial charge in [-0.1, -0.05) is 35.7 Å². The molecule has 10 heteroatoms. The van der Waals surface area contributed by atoms with Crippen LogP contribution in [0, 0.1) is 18.2 Å². The molecule has 1 aromatic carbocycles. The van der Waals surface area contributed by atoms with E-state index in [4.69, 9.17) is 32.2 Å². The average Bonchev–Trinajstić information content (AvgIpc) is 3.64. The zero-order valence-electron chi connectivity index (χ0n) is 19.7. The van der Waals surface area contributed by atoms with E-state index in [-0.39, 0.29) is 17.0 Å². The summed E-state index contributed by atoms with van der Waals surface area (Å²) in [4.78, 5) is 4.50. The summed E-state index contributed by atoms with van der Waals surface area (Å²) in [5, 5.41) is 19.0. The molecule has 6 rings (SSSR count). The summed E-state index contributed by atoms with van der Waals surface area (Å²) in [5.41, 5.74) is 0.227. The summed E-state index contributed by atoms with van der Waals surface area (Å²) < 4.78 is 34.9. The summed E-state index contributed by atoms with van der Waals surface area (Å²) in [6.07, 6.45) is 8.93. The average molecular weight is 513 g/mol. The minimum Gasteiger partial charge on any atom is -0.392 e. The molecule has 2 N–H and O–H groups in total. The highest BCUT2D eigenvalue weighted by atomic mass is 35.5. The molecule has 3 aliphatic rings. The van der Waals surface area contributed by atoms with Crippen LogP contribution >= 0.6 is 11.6 Å². The molecule has 8 nitrogen and oxygen atoms in total. The van der Waals surface area contributed by atoms with Gasteiger partial charge in [-0.25, -0.2) is 14.1 Å². The fourth-order valence-electron chi connectivity index (χ4n) is 5.61. The highest BCUT2D eigenvalue weighted by Crippen LogP contribution is 2.52. The monoisotopic (exact) mass is 512 g/mol. The second kappa shape index (κ2) is 8.68. The number of aliphatic hydroxyl groups is 1. The Hall–Kier alpha value is -2.74. The van der Waals surface area contributed by atoms with Gasteiger partial charge >= 0.3 is 0 Å². The third-order valence-corrected chi connectivity index (χ3v) is 7.62. The molecule has 2 aliphatic heterocycles. The number of nitrogens with zero attached hydrogens (tertiary/aromatic N) is 3. The number of aromatic nitrogens is 3. The smallest absolute Gasteiger partial charge is 0.183 e. The summed E-state index contributed by atoms with van der Waals surface area (Å²) >= 11 is 6.41. The number of hydrogen-bond acceptors (Lipinski definition) is 7. The zero-order valence-corrected chi connectivity index (χ0v) is 20.4.